The molecule has 0 aliphatic rings. The van der Waals surface area contributed by atoms with Crippen molar-refractivity contribution in [1.29, 1.82) is 0 Å². The molecule has 2 aromatic carbocycles. The first-order chi connectivity index (χ1) is 12.0. The van der Waals surface area contributed by atoms with Gasteiger partial charge in [-0.1, -0.05) is 29.8 Å². The number of H-pyrrole nitrogens is 1. The van der Waals surface area contributed by atoms with Crippen molar-refractivity contribution >= 4 is 45.9 Å². The van der Waals surface area contributed by atoms with Crippen LogP contribution in [0.1, 0.15) is 11.3 Å². The van der Waals surface area contributed by atoms with E-state index in [1.54, 1.807) is 24.3 Å². The molecule has 25 heavy (non-hydrogen) atoms. The predicted octanol–water partition coefficient (Wildman–Crippen LogP) is 4.36. The van der Waals surface area contributed by atoms with E-state index in [0.29, 0.717) is 21.9 Å². The van der Waals surface area contributed by atoms with Crippen LogP contribution >= 0.6 is 23.4 Å². The molecule has 4 nitrogen and oxygen atoms in total. The Bertz CT molecular complexity index is 985. The van der Waals surface area contributed by atoms with Gasteiger partial charge in [0.15, 0.2) is 5.43 Å². The van der Waals surface area contributed by atoms with E-state index < -0.39 is 0 Å². The van der Waals surface area contributed by atoms with Gasteiger partial charge in [-0.3, -0.25) is 9.59 Å². The number of benzene rings is 2. The molecule has 0 radical (unpaired) electrons. The van der Waals surface area contributed by atoms with Gasteiger partial charge in [-0.15, -0.1) is 11.8 Å². The molecule has 0 unspecified atom stereocenters. The summed E-state index contributed by atoms with van der Waals surface area (Å²) in [6.07, 6.45) is 0. The molecule has 1 aromatic heterocycles. The van der Waals surface area contributed by atoms with Crippen molar-refractivity contribution in [2.75, 3.05) is 11.1 Å². The predicted molar refractivity (Wildman–Crippen MR) is 106 cm³/mol. The quantitative estimate of drug-likeness (QED) is 0.699. The van der Waals surface area contributed by atoms with E-state index in [9.17, 15) is 9.59 Å². The van der Waals surface area contributed by atoms with Crippen LogP contribution in [0, 0.1) is 6.92 Å². The second-order valence-corrected chi connectivity index (χ2v) is 7.13. The summed E-state index contributed by atoms with van der Waals surface area (Å²) in [5, 5.41) is 4.12. The van der Waals surface area contributed by atoms with Gasteiger partial charge in [0.2, 0.25) is 5.91 Å². The summed E-state index contributed by atoms with van der Waals surface area (Å²) in [6, 6.07) is 14.4. The highest BCUT2D eigenvalue weighted by atomic mass is 35.5. The highest BCUT2D eigenvalue weighted by molar-refractivity contribution is 7.99. The Hall–Kier alpha value is -2.24. The molecule has 2 N–H and O–H groups in total. The van der Waals surface area contributed by atoms with Crippen molar-refractivity contribution in [3.63, 3.8) is 0 Å². The van der Waals surface area contributed by atoms with Gasteiger partial charge in [-0.25, -0.2) is 0 Å². The molecule has 1 amide bonds. The van der Waals surface area contributed by atoms with Crippen molar-refractivity contribution < 1.29 is 4.79 Å². The monoisotopic (exact) mass is 372 g/mol. The minimum absolute atomic E-state index is 0.0102. The lowest BCUT2D eigenvalue weighted by atomic mass is 10.2. The van der Waals surface area contributed by atoms with Crippen LogP contribution in [0.2, 0.25) is 5.02 Å². The van der Waals surface area contributed by atoms with Crippen molar-refractivity contribution in [3.8, 4) is 0 Å². The number of halogens is 1. The summed E-state index contributed by atoms with van der Waals surface area (Å²) in [5.74, 6) is 0.751. The maximum Gasteiger partial charge on any atom is 0.234 e. The minimum atomic E-state index is -0.0986. The number of thioether (sulfide) groups is 1. The third-order valence-electron chi connectivity index (χ3n) is 3.76. The number of carbonyl (C=O) groups is 1. The number of nitrogens with one attached hydrogen (secondary N) is 2. The van der Waals surface area contributed by atoms with E-state index in [1.165, 1.54) is 11.8 Å². The number of aryl methyl sites for hydroxylation is 1. The average molecular weight is 373 g/mol. The molecule has 3 aromatic rings. The first-order valence-corrected chi connectivity index (χ1v) is 9.31. The van der Waals surface area contributed by atoms with Crippen LogP contribution in [0.3, 0.4) is 0 Å². The second kappa shape index (κ2) is 7.76. The molecule has 0 saturated carbocycles. The number of carbonyl (C=O) groups excluding carboxylic acids is 1. The van der Waals surface area contributed by atoms with Gasteiger partial charge >= 0.3 is 0 Å². The van der Waals surface area contributed by atoms with Crippen LogP contribution in [-0.2, 0) is 10.5 Å². The average Bonchev–Trinajstić information content (AvgIpc) is 2.58. The Balaban J connectivity index is 1.60. The Kier molecular flexibility index (Phi) is 5.46. The Morgan fingerprint density at radius 1 is 1.20 bits per heavy atom. The van der Waals surface area contributed by atoms with Crippen LogP contribution in [0.15, 0.2) is 53.3 Å². The third-order valence-corrected chi connectivity index (χ3v) is 4.97. The van der Waals surface area contributed by atoms with Crippen molar-refractivity contribution in [1.82, 2.24) is 4.98 Å². The Labute approximate surface area is 154 Å². The second-order valence-electron chi connectivity index (χ2n) is 5.70. The highest BCUT2D eigenvalue weighted by Crippen LogP contribution is 2.20. The zero-order chi connectivity index (χ0) is 17.8. The normalized spacial score (nSPS) is 10.8. The van der Waals surface area contributed by atoms with Gasteiger partial charge in [-0.2, -0.15) is 0 Å². The lowest BCUT2D eigenvalue weighted by Gasteiger charge is -2.09. The molecule has 1 heterocycles. The fourth-order valence-electron chi connectivity index (χ4n) is 2.50. The topological polar surface area (TPSA) is 62.0 Å². The van der Waals surface area contributed by atoms with Crippen LogP contribution in [-0.4, -0.2) is 16.6 Å². The molecule has 0 aliphatic heterocycles. The number of aromatic amines is 1. The Morgan fingerprint density at radius 2 is 2.00 bits per heavy atom. The summed E-state index contributed by atoms with van der Waals surface area (Å²) in [6.45, 7) is 1.92. The molecule has 0 bridgehead atoms. The van der Waals surface area contributed by atoms with E-state index >= 15 is 0 Å². The lowest BCUT2D eigenvalue weighted by molar-refractivity contribution is -0.113. The van der Waals surface area contributed by atoms with Crippen LogP contribution in [0.5, 0.6) is 0 Å². The van der Waals surface area contributed by atoms with Gasteiger partial charge in [0.05, 0.1) is 5.75 Å². The fourth-order valence-corrected chi connectivity index (χ4v) is 3.41. The number of hydrogen-bond acceptors (Lipinski definition) is 3. The number of pyridine rings is 1. The maximum atomic E-state index is 12.1. The summed E-state index contributed by atoms with van der Waals surface area (Å²) in [7, 11) is 0. The summed E-state index contributed by atoms with van der Waals surface area (Å²) < 4.78 is 0. The number of para-hydroxylation sites is 1. The lowest BCUT2D eigenvalue weighted by Crippen LogP contribution is -2.15. The van der Waals surface area contributed by atoms with Gasteiger partial charge < -0.3 is 10.3 Å². The van der Waals surface area contributed by atoms with Crippen molar-refractivity contribution in [3.05, 3.63) is 75.0 Å². The van der Waals surface area contributed by atoms with E-state index in [2.05, 4.69) is 10.3 Å². The van der Waals surface area contributed by atoms with E-state index in [-0.39, 0.29) is 11.3 Å². The van der Waals surface area contributed by atoms with Crippen LogP contribution < -0.4 is 10.7 Å². The van der Waals surface area contributed by atoms with Crippen molar-refractivity contribution in [2.45, 2.75) is 12.7 Å². The molecule has 0 fully saturated rings. The number of anilines is 1. The highest BCUT2D eigenvalue weighted by Gasteiger charge is 2.07. The molecule has 3 rings (SSSR count). The SMILES string of the molecule is Cc1ccc(Cl)cc1NC(=O)CSCc1cc(=O)c2ccccc2[nH]1. The Morgan fingerprint density at radius 3 is 2.84 bits per heavy atom. The zero-order valence-electron chi connectivity index (χ0n) is 13.6. The third kappa shape index (κ3) is 4.44. The minimum Gasteiger partial charge on any atom is -0.357 e. The van der Waals surface area contributed by atoms with Crippen LogP contribution in [0.4, 0.5) is 5.69 Å². The molecular weight excluding hydrogens is 356 g/mol. The van der Waals surface area contributed by atoms with Gasteiger partial charge in [0.25, 0.3) is 0 Å². The number of fused-ring (bicyclic) bond motifs is 1. The van der Waals surface area contributed by atoms with Gasteiger partial charge in [0.1, 0.15) is 0 Å². The largest absolute Gasteiger partial charge is 0.357 e. The fraction of sp³-hybridized carbons (Fsp3) is 0.158. The molecule has 0 saturated heterocycles. The summed E-state index contributed by atoms with van der Waals surface area (Å²) in [5.41, 5.74) is 3.29. The molecule has 6 heteroatoms. The summed E-state index contributed by atoms with van der Waals surface area (Å²) in [4.78, 5) is 27.4. The van der Waals surface area contributed by atoms with E-state index in [4.69, 9.17) is 11.6 Å². The number of rotatable bonds is 5. The first kappa shape index (κ1) is 17.6. The standard InChI is InChI=1S/C19H17ClN2O2S/c1-12-6-7-13(20)8-17(12)22-19(24)11-25-10-14-9-18(23)15-4-2-3-5-16(15)21-14/h2-9H,10-11H2,1H3,(H,21,23)(H,22,24). The molecule has 0 aliphatic carbocycles. The molecule has 0 spiro atoms. The van der Waals surface area contributed by atoms with E-state index in [1.807, 2.05) is 31.2 Å². The van der Waals surface area contributed by atoms with Crippen molar-refractivity contribution in [2.24, 2.45) is 0 Å². The van der Waals surface area contributed by atoms with Crippen LogP contribution in [0.25, 0.3) is 10.9 Å². The zero-order valence-corrected chi connectivity index (χ0v) is 15.2. The smallest absolute Gasteiger partial charge is 0.234 e. The summed E-state index contributed by atoms with van der Waals surface area (Å²) >= 11 is 7.40. The molecular formula is C19H17ClN2O2S. The first-order valence-electron chi connectivity index (χ1n) is 7.77. The van der Waals surface area contributed by atoms with E-state index in [0.717, 1.165) is 22.5 Å². The number of aromatic nitrogens is 1. The molecule has 128 valence electrons. The van der Waals surface area contributed by atoms with Gasteiger partial charge in [0, 0.05) is 39.1 Å². The van der Waals surface area contributed by atoms with Gasteiger partial charge in [-0.05, 0) is 36.8 Å². The number of hydrogen-bond donors (Lipinski definition) is 2. The number of amides is 1. The molecule has 0 atom stereocenters. The maximum absolute atomic E-state index is 12.1.